The second-order valence-corrected chi connectivity index (χ2v) is 6.87. The van der Waals surface area contributed by atoms with E-state index in [1.165, 1.54) is 6.07 Å². The smallest absolute Gasteiger partial charge is 0.410 e. The largest absolute Gasteiger partial charge is 0.491 e. The number of piperidine rings is 1. The van der Waals surface area contributed by atoms with Crippen LogP contribution in [0.25, 0.3) is 0 Å². The van der Waals surface area contributed by atoms with Gasteiger partial charge in [0, 0.05) is 13.1 Å². The maximum atomic E-state index is 13.4. The number of ether oxygens (including phenoxy) is 2. The van der Waals surface area contributed by atoms with Gasteiger partial charge in [0.1, 0.15) is 22.9 Å². The van der Waals surface area contributed by atoms with Gasteiger partial charge in [-0.1, -0.05) is 6.07 Å². The van der Waals surface area contributed by atoms with E-state index in [0.717, 1.165) is 12.8 Å². The van der Waals surface area contributed by atoms with E-state index in [1.54, 1.807) is 17.0 Å². The maximum Gasteiger partial charge on any atom is 0.410 e. The topological polar surface area (TPSA) is 64.8 Å². The molecule has 0 aliphatic carbocycles. The van der Waals surface area contributed by atoms with Gasteiger partial charge in [-0.25, -0.2) is 9.18 Å². The Balaban J connectivity index is 1.79. The highest BCUT2D eigenvalue weighted by molar-refractivity contribution is 5.68. The van der Waals surface area contributed by atoms with Crippen molar-refractivity contribution in [1.29, 1.82) is 0 Å². The fourth-order valence-electron chi connectivity index (χ4n) is 2.46. The molecule has 0 bridgehead atoms. The molecule has 6 heteroatoms. The molecule has 0 saturated carbocycles. The van der Waals surface area contributed by atoms with Crippen LogP contribution >= 0.6 is 0 Å². The van der Waals surface area contributed by atoms with E-state index >= 15 is 0 Å². The summed E-state index contributed by atoms with van der Waals surface area (Å²) in [4.78, 5) is 13.7. The molecule has 0 unspecified atom stereocenters. The molecule has 128 valence electrons. The number of likely N-dealkylation sites (tertiary alicyclic amines) is 1. The minimum Gasteiger partial charge on any atom is -0.491 e. The van der Waals surface area contributed by atoms with Crippen molar-refractivity contribution < 1.29 is 18.7 Å². The second kappa shape index (κ2) is 7.06. The molecule has 1 aliphatic rings. The average Bonchev–Trinajstić information content (AvgIpc) is 2.47. The molecule has 0 spiro atoms. The Morgan fingerprint density at radius 1 is 1.35 bits per heavy atom. The Kier molecular flexibility index (Phi) is 5.34. The highest BCUT2D eigenvalue weighted by Gasteiger charge is 2.27. The van der Waals surface area contributed by atoms with Gasteiger partial charge in [-0.2, -0.15) is 0 Å². The van der Waals surface area contributed by atoms with Crippen LogP contribution in [-0.2, 0) is 4.74 Å². The first-order chi connectivity index (χ1) is 10.8. The number of hydrogen-bond donors (Lipinski definition) is 1. The lowest BCUT2D eigenvalue weighted by atomic mass is 9.98. The van der Waals surface area contributed by atoms with E-state index in [1.807, 2.05) is 20.8 Å². The fraction of sp³-hybridized carbons (Fsp3) is 0.588. The summed E-state index contributed by atoms with van der Waals surface area (Å²) < 4.78 is 24.4. The lowest BCUT2D eigenvalue weighted by Crippen LogP contribution is -2.42. The summed E-state index contributed by atoms with van der Waals surface area (Å²) in [6.45, 7) is 7.32. The Labute approximate surface area is 136 Å². The van der Waals surface area contributed by atoms with Crippen molar-refractivity contribution in [2.24, 2.45) is 5.92 Å². The summed E-state index contributed by atoms with van der Waals surface area (Å²) in [5, 5.41) is 0. The Morgan fingerprint density at radius 3 is 2.61 bits per heavy atom. The van der Waals surface area contributed by atoms with E-state index in [2.05, 4.69) is 0 Å². The highest BCUT2D eigenvalue weighted by atomic mass is 19.1. The number of para-hydroxylation sites is 1. The van der Waals surface area contributed by atoms with Crippen LogP contribution in [0.5, 0.6) is 5.75 Å². The second-order valence-electron chi connectivity index (χ2n) is 6.87. The molecule has 1 amide bonds. The third-order valence-corrected chi connectivity index (χ3v) is 3.75. The highest BCUT2D eigenvalue weighted by Crippen LogP contribution is 2.26. The summed E-state index contributed by atoms with van der Waals surface area (Å²) in [6, 6.07) is 4.54. The molecule has 0 atom stereocenters. The van der Waals surface area contributed by atoms with E-state index < -0.39 is 11.4 Å². The van der Waals surface area contributed by atoms with Crippen molar-refractivity contribution in [1.82, 2.24) is 4.90 Å². The minimum absolute atomic E-state index is 0.0405. The van der Waals surface area contributed by atoms with Gasteiger partial charge in [0.2, 0.25) is 0 Å². The van der Waals surface area contributed by atoms with Crippen LogP contribution in [0.4, 0.5) is 14.9 Å². The van der Waals surface area contributed by atoms with E-state index in [9.17, 15) is 9.18 Å². The SMILES string of the molecule is CC(C)(C)OC(=O)N1CCC(COc2cccc(F)c2N)CC1. The van der Waals surface area contributed by atoms with Crippen molar-refractivity contribution in [2.45, 2.75) is 39.2 Å². The molecule has 1 aliphatic heterocycles. The first kappa shape index (κ1) is 17.4. The van der Waals surface area contributed by atoms with Crippen molar-refractivity contribution in [3.05, 3.63) is 24.0 Å². The number of halogens is 1. The molecule has 23 heavy (non-hydrogen) atoms. The molecule has 1 aromatic carbocycles. The normalized spacial score (nSPS) is 16.3. The number of amides is 1. The third-order valence-electron chi connectivity index (χ3n) is 3.75. The van der Waals surface area contributed by atoms with Gasteiger partial charge in [0.25, 0.3) is 0 Å². The zero-order valence-electron chi connectivity index (χ0n) is 14.0. The number of nitrogens with zero attached hydrogens (tertiary/aromatic N) is 1. The van der Waals surface area contributed by atoms with Crippen LogP contribution in [0, 0.1) is 11.7 Å². The van der Waals surface area contributed by atoms with E-state index in [0.29, 0.717) is 31.4 Å². The van der Waals surface area contributed by atoms with Crippen molar-refractivity contribution >= 4 is 11.8 Å². The maximum absolute atomic E-state index is 13.4. The number of nitrogens with two attached hydrogens (primary N) is 1. The van der Waals surface area contributed by atoms with Crippen LogP contribution < -0.4 is 10.5 Å². The number of anilines is 1. The Morgan fingerprint density at radius 2 is 2.00 bits per heavy atom. The van der Waals surface area contributed by atoms with Crippen LogP contribution in [0.1, 0.15) is 33.6 Å². The van der Waals surface area contributed by atoms with E-state index in [-0.39, 0.29) is 11.8 Å². The first-order valence-corrected chi connectivity index (χ1v) is 7.91. The number of hydrogen-bond acceptors (Lipinski definition) is 4. The van der Waals surface area contributed by atoms with Crippen molar-refractivity contribution in [3.8, 4) is 5.75 Å². The molecule has 1 heterocycles. The molecule has 0 radical (unpaired) electrons. The lowest BCUT2D eigenvalue weighted by molar-refractivity contribution is 0.0165. The number of carbonyl (C=O) groups is 1. The Bertz CT molecular complexity index is 549. The lowest BCUT2D eigenvalue weighted by Gasteiger charge is -2.33. The van der Waals surface area contributed by atoms with Crippen LogP contribution in [-0.4, -0.2) is 36.3 Å². The number of benzene rings is 1. The monoisotopic (exact) mass is 324 g/mol. The number of nitrogen functional groups attached to an aromatic ring is 1. The van der Waals surface area contributed by atoms with Crippen molar-refractivity contribution in [2.75, 3.05) is 25.4 Å². The van der Waals surface area contributed by atoms with Gasteiger partial charge >= 0.3 is 6.09 Å². The fourth-order valence-corrected chi connectivity index (χ4v) is 2.46. The van der Waals surface area contributed by atoms with Gasteiger partial charge in [0.15, 0.2) is 0 Å². The first-order valence-electron chi connectivity index (χ1n) is 7.91. The Hall–Kier alpha value is -1.98. The minimum atomic E-state index is -0.480. The van der Waals surface area contributed by atoms with E-state index in [4.69, 9.17) is 15.2 Å². The quantitative estimate of drug-likeness (QED) is 0.865. The van der Waals surface area contributed by atoms with Gasteiger partial charge in [-0.05, 0) is 51.7 Å². The predicted molar refractivity (Wildman–Crippen MR) is 86.8 cm³/mol. The molecular weight excluding hydrogens is 299 g/mol. The number of rotatable bonds is 3. The predicted octanol–water partition coefficient (Wildman–Crippen LogP) is 3.43. The molecule has 1 fully saturated rings. The van der Waals surface area contributed by atoms with Crippen LogP contribution in [0.3, 0.4) is 0 Å². The van der Waals surface area contributed by atoms with Gasteiger partial charge in [-0.15, -0.1) is 0 Å². The summed E-state index contributed by atoms with van der Waals surface area (Å²) in [5.74, 6) is 0.221. The zero-order valence-corrected chi connectivity index (χ0v) is 14.0. The van der Waals surface area contributed by atoms with Crippen LogP contribution in [0.15, 0.2) is 18.2 Å². The molecule has 1 saturated heterocycles. The van der Waals surface area contributed by atoms with Gasteiger partial charge in [0.05, 0.1) is 6.61 Å². The zero-order chi connectivity index (χ0) is 17.0. The third kappa shape index (κ3) is 5.01. The van der Waals surface area contributed by atoms with Gasteiger partial charge in [-0.3, -0.25) is 0 Å². The molecule has 5 nitrogen and oxygen atoms in total. The van der Waals surface area contributed by atoms with Crippen molar-refractivity contribution in [3.63, 3.8) is 0 Å². The molecule has 0 aromatic heterocycles. The van der Waals surface area contributed by atoms with Crippen LogP contribution in [0.2, 0.25) is 0 Å². The molecule has 1 aromatic rings. The summed E-state index contributed by atoms with van der Waals surface area (Å²) in [5.41, 5.74) is 5.21. The summed E-state index contributed by atoms with van der Waals surface area (Å²) in [6.07, 6.45) is 1.38. The average molecular weight is 324 g/mol. The van der Waals surface area contributed by atoms with Gasteiger partial charge < -0.3 is 20.1 Å². The molecule has 2 N–H and O–H groups in total. The molecule has 2 rings (SSSR count). The molecular formula is C17H25FN2O3. The number of carbonyl (C=O) groups excluding carboxylic acids is 1. The summed E-state index contributed by atoms with van der Waals surface area (Å²) >= 11 is 0. The standard InChI is InChI=1S/C17H25FN2O3/c1-17(2,3)23-16(21)20-9-7-12(8-10-20)11-22-14-6-4-5-13(18)15(14)19/h4-6,12H,7-11,19H2,1-3H3. The summed E-state index contributed by atoms with van der Waals surface area (Å²) in [7, 11) is 0.